The van der Waals surface area contributed by atoms with Crippen molar-refractivity contribution in [3.05, 3.63) is 70.8 Å². The third kappa shape index (κ3) is 4.17. The van der Waals surface area contributed by atoms with Gasteiger partial charge in [0.2, 0.25) is 0 Å². The molecule has 126 valence electrons. The summed E-state index contributed by atoms with van der Waals surface area (Å²) in [5.74, 6) is -2.09. The molecule has 1 saturated heterocycles. The van der Waals surface area contributed by atoms with Crippen molar-refractivity contribution in [1.82, 2.24) is 5.32 Å². The van der Waals surface area contributed by atoms with Crippen LogP contribution in [0.5, 0.6) is 0 Å². The maximum atomic E-state index is 13.6. The van der Waals surface area contributed by atoms with Gasteiger partial charge in [-0.05, 0) is 17.7 Å². The van der Waals surface area contributed by atoms with Crippen LogP contribution >= 0.6 is 0 Å². The summed E-state index contributed by atoms with van der Waals surface area (Å²) < 4.78 is 26.4. The molecule has 24 heavy (non-hydrogen) atoms. The van der Waals surface area contributed by atoms with E-state index in [1.54, 1.807) is 4.90 Å². The van der Waals surface area contributed by atoms with Gasteiger partial charge in [-0.15, -0.1) is 0 Å². The van der Waals surface area contributed by atoms with E-state index >= 15 is 0 Å². The van der Waals surface area contributed by atoms with Crippen molar-refractivity contribution in [3.8, 4) is 0 Å². The van der Waals surface area contributed by atoms with Crippen LogP contribution in [-0.4, -0.2) is 19.0 Å². The average Bonchev–Trinajstić information content (AvgIpc) is 3.07. The van der Waals surface area contributed by atoms with E-state index in [1.165, 1.54) is 31.5 Å². The molecule has 0 aromatic heterocycles. The summed E-state index contributed by atoms with van der Waals surface area (Å²) in [5.41, 5.74) is 2.09. The van der Waals surface area contributed by atoms with E-state index in [-0.39, 0.29) is 5.56 Å². The van der Waals surface area contributed by atoms with E-state index in [4.69, 9.17) is 0 Å². The Labute approximate surface area is 140 Å². The molecule has 3 nitrogen and oxygen atoms in total. The summed E-state index contributed by atoms with van der Waals surface area (Å²) in [6.07, 6.45) is 2.61. The zero-order valence-electron chi connectivity index (χ0n) is 13.4. The van der Waals surface area contributed by atoms with Gasteiger partial charge < -0.3 is 10.2 Å². The van der Waals surface area contributed by atoms with Crippen molar-refractivity contribution in [2.24, 2.45) is 0 Å². The van der Waals surface area contributed by atoms with E-state index in [9.17, 15) is 13.6 Å². The van der Waals surface area contributed by atoms with Crippen molar-refractivity contribution in [1.29, 1.82) is 0 Å². The first-order valence-corrected chi connectivity index (χ1v) is 8.26. The molecular weight excluding hydrogens is 310 g/mol. The fourth-order valence-corrected chi connectivity index (χ4v) is 3.07. The second kappa shape index (κ2) is 7.53. The molecule has 1 aliphatic heterocycles. The van der Waals surface area contributed by atoms with Gasteiger partial charge >= 0.3 is 0 Å². The van der Waals surface area contributed by atoms with E-state index in [0.717, 1.165) is 24.2 Å². The first kappa shape index (κ1) is 16.6. The van der Waals surface area contributed by atoms with Gasteiger partial charge in [0.15, 0.2) is 0 Å². The minimum atomic E-state index is -0.851. The average molecular weight is 331 g/mol. The van der Waals surface area contributed by atoms with Crippen LogP contribution in [0.25, 0.3) is 0 Å². The Kier molecular flexibility index (Phi) is 5.20. The molecule has 5 heteroatoms. The van der Waals surface area contributed by atoms with Gasteiger partial charge in [0, 0.05) is 31.0 Å². The molecular formula is C19H21F2N2O+. The highest BCUT2D eigenvalue weighted by Gasteiger charge is 2.15. The number of rotatable bonds is 5. The highest BCUT2D eigenvalue weighted by Crippen LogP contribution is 2.10. The number of quaternary nitrogens is 1. The standard InChI is InChI=1S/C19H20F2N2O/c20-16-7-8-17(18(21)11-16)19(24)22-12-14-3-5-15(6-4-14)13-23-9-1-2-10-23/h3-8,11H,1-2,9-10,12-13H2,(H,22,24)/p+1. The van der Waals surface area contributed by atoms with Crippen LogP contribution < -0.4 is 10.2 Å². The van der Waals surface area contributed by atoms with E-state index in [2.05, 4.69) is 17.4 Å². The molecule has 1 fully saturated rings. The Balaban J connectivity index is 1.55. The molecule has 1 amide bonds. The predicted octanol–water partition coefficient (Wildman–Crippen LogP) is 2.07. The third-order valence-electron chi connectivity index (χ3n) is 4.42. The summed E-state index contributed by atoms with van der Waals surface area (Å²) in [7, 11) is 0. The highest BCUT2D eigenvalue weighted by molar-refractivity contribution is 5.94. The zero-order valence-corrected chi connectivity index (χ0v) is 13.4. The van der Waals surface area contributed by atoms with Crippen molar-refractivity contribution >= 4 is 5.91 Å². The third-order valence-corrected chi connectivity index (χ3v) is 4.42. The molecule has 1 heterocycles. The smallest absolute Gasteiger partial charge is 0.254 e. The Morgan fingerprint density at radius 3 is 2.33 bits per heavy atom. The highest BCUT2D eigenvalue weighted by atomic mass is 19.1. The van der Waals surface area contributed by atoms with E-state index < -0.39 is 17.5 Å². The molecule has 1 aliphatic rings. The lowest BCUT2D eigenvalue weighted by Gasteiger charge is -2.12. The number of amides is 1. The first-order valence-electron chi connectivity index (χ1n) is 8.26. The normalized spacial score (nSPS) is 14.8. The van der Waals surface area contributed by atoms with Crippen molar-refractivity contribution in [3.63, 3.8) is 0 Å². The molecule has 0 spiro atoms. The molecule has 0 saturated carbocycles. The predicted molar refractivity (Wildman–Crippen MR) is 87.6 cm³/mol. The van der Waals surface area contributed by atoms with Gasteiger partial charge in [-0.2, -0.15) is 0 Å². The Hall–Kier alpha value is -2.27. The van der Waals surface area contributed by atoms with Gasteiger partial charge in [-0.25, -0.2) is 8.78 Å². The van der Waals surface area contributed by atoms with Crippen LogP contribution in [0.3, 0.4) is 0 Å². The zero-order chi connectivity index (χ0) is 16.9. The van der Waals surface area contributed by atoms with Crippen LogP contribution in [0.2, 0.25) is 0 Å². The van der Waals surface area contributed by atoms with Crippen LogP contribution in [0.4, 0.5) is 8.78 Å². The molecule has 3 rings (SSSR count). The number of hydrogen-bond acceptors (Lipinski definition) is 1. The molecule has 0 atom stereocenters. The maximum absolute atomic E-state index is 13.6. The largest absolute Gasteiger partial charge is 0.348 e. The number of carbonyl (C=O) groups excluding carboxylic acids is 1. The Morgan fingerprint density at radius 1 is 1.00 bits per heavy atom. The Bertz CT molecular complexity index is 710. The van der Waals surface area contributed by atoms with Gasteiger partial charge in [-0.1, -0.05) is 24.3 Å². The molecule has 2 aromatic carbocycles. The van der Waals surface area contributed by atoms with Gasteiger partial charge in [0.1, 0.15) is 18.2 Å². The lowest BCUT2D eigenvalue weighted by molar-refractivity contribution is -0.901. The van der Waals surface area contributed by atoms with Crippen LogP contribution in [0, 0.1) is 11.6 Å². The van der Waals surface area contributed by atoms with Crippen LogP contribution in [0.15, 0.2) is 42.5 Å². The van der Waals surface area contributed by atoms with E-state index in [1.807, 2.05) is 12.1 Å². The second-order valence-electron chi connectivity index (χ2n) is 6.26. The van der Waals surface area contributed by atoms with Crippen LogP contribution in [0.1, 0.15) is 34.3 Å². The SMILES string of the molecule is O=C(NCc1ccc(C[NH+]2CCCC2)cc1)c1ccc(F)cc1F. The minimum Gasteiger partial charge on any atom is -0.348 e. The molecule has 0 unspecified atom stereocenters. The van der Waals surface area contributed by atoms with Crippen LogP contribution in [-0.2, 0) is 13.1 Å². The van der Waals surface area contributed by atoms with Gasteiger partial charge in [0.05, 0.1) is 18.7 Å². The number of hydrogen-bond donors (Lipinski definition) is 2. The fourth-order valence-electron chi connectivity index (χ4n) is 3.07. The first-order chi connectivity index (χ1) is 11.6. The number of carbonyl (C=O) groups is 1. The summed E-state index contributed by atoms with van der Waals surface area (Å²) in [5, 5.41) is 2.66. The lowest BCUT2D eigenvalue weighted by Crippen LogP contribution is -3.08. The minimum absolute atomic E-state index is 0.148. The molecule has 2 N–H and O–H groups in total. The lowest BCUT2D eigenvalue weighted by atomic mass is 10.1. The fraction of sp³-hybridized carbons (Fsp3) is 0.316. The summed E-state index contributed by atoms with van der Waals surface area (Å²) >= 11 is 0. The number of nitrogens with one attached hydrogen (secondary N) is 2. The van der Waals surface area contributed by atoms with E-state index in [0.29, 0.717) is 12.6 Å². The van der Waals surface area contributed by atoms with Crippen molar-refractivity contribution in [2.45, 2.75) is 25.9 Å². The topological polar surface area (TPSA) is 33.5 Å². The summed E-state index contributed by atoms with van der Waals surface area (Å²) in [6, 6.07) is 11.1. The summed E-state index contributed by atoms with van der Waals surface area (Å²) in [6.45, 7) is 3.82. The maximum Gasteiger partial charge on any atom is 0.254 e. The van der Waals surface area contributed by atoms with Crippen molar-refractivity contribution < 1.29 is 18.5 Å². The number of benzene rings is 2. The Morgan fingerprint density at radius 2 is 1.67 bits per heavy atom. The number of halogens is 2. The van der Waals surface area contributed by atoms with Gasteiger partial charge in [-0.3, -0.25) is 4.79 Å². The molecule has 0 radical (unpaired) electrons. The summed E-state index contributed by atoms with van der Waals surface area (Å²) in [4.78, 5) is 13.6. The second-order valence-corrected chi connectivity index (χ2v) is 6.26. The van der Waals surface area contributed by atoms with Crippen molar-refractivity contribution in [2.75, 3.05) is 13.1 Å². The molecule has 0 bridgehead atoms. The van der Waals surface area contributed by atoms with Gasteiger partial charge in [0.25, 0.3) is 5.91 Å². The number of likely N-dealkylation sites (tertiary alicyclic amines) is 1. The monoisotopic (exact) mass is 331 g/mol. The molecule has 2 aromatic rings. The molecule has 0 aliphatic carbocycles. The quantitative estimate of drug-likeness (QED) is 0.864.